The largest absolute Gasteiger partial charge is 0.497 e. The summed E-state index contributed by atoms with van der Waals surface area (Å²) in [5.41, 5.74) is 2.94. The molecule has 2 aromatic carbocycles. The first-order valence-electron chi connectivity index (χ1n) is 8.76. The minimum Gasteiger partial charge on any atom is -0.497 e. The van der Waals surface area contributed by atoms with Crippen LogP contribution in [0.4, 0.5) is 5.69 Å². The van der Waals surface area contributed by atoms with Crippen LogP contribution in [0.25, 0.3) is 21.8 Å². The van der Waals surface area contributed by atoms with Crippen LogP contribution >= 0.6 is 11.6 Å². The standard InChI is InChI=1S/C20H24ClN3O2/c1-26-15-6-7-19-17(14-15)20(16-4-2-3-5-18(16)23-19)22-9-11-24(10-8-21)12-13-25/h2-7,14,25H,8-13H2,1H3,(H,22,23). The molecular weight excluding hydrogens is 350 g/mol. The van der Waals surface area contributed by atoms with Crippen molar-refractivity contribution in [2.45, 2.75) is 0 Å². The highest BCUT2D eigenvalue weighted by atomic mass is 35.5. The zero-order valence-electron chi connectivity index (χ0n) is 14.9. The molecule has 0 bridgehead atoms. The Morgan fingerprint density at radius 1 is 1.08 bits per heavy atom. The van der Waals surface area contributed by atoms with Gasteiger partial charge in [-0.3, -0.25) is 4.90 Å². The first kappa shape index (κ1) is 18.7. The molecule has 0 radical (unpaired) electrons. The van der Waals surface area contributed by atoms with Gasteiger partial charge in [0.25, 0.3) is 0 Å². The number of halogens is 1. The zero-order valence-corrected chi connectivity index (χ0v) is 15.7. The van der Waals surface area contributed by atoms with Crippen LogP contribution in [0.15, 0.2) is 42.5 Å². The zero-order chi connectivity index (χ0) is 18.4. The molecule has 0 aliphatic carbocycles. The number of nitrogens with zero attached hydrogens (tertiary/aromatic N) is 2. The van der Waals surface area contributed by atoms with Gasteiger partial charge in [-0.15, -0.1) is 11.6 Å². The number of rotatable bonds is 9. The minimum absolute atomic E-state index is 0.134. The molecule has 3 rings (SSSR count). The van der Waals surface area contributed by atoms with Crippen LogP contribution in [0.3, 0.4) is 0 Å². The third-order valence-corrected chi connectivity index (χ3v) is 4.60. The van der Waals surface area contributed by atoms with Gasteiger partial charge in [0.1, 0.15) is 5.75 Å². The maximum atomic E-state index is 9.19. The van der Waals surface area contributed by atoms with Gasteiger partial charge in [0, 0.05) is 42.8 Å². The summed E-state index contributed by atoms with van der Waals surface area (Å²) in [5.74, 6) is 1.36. The van der Waals surface area contributed by atoms with E-state index in [1.54, 1.807) is 7.11 Å². The van der Waals surface area contributed by atoms with Crippen LogP contribution in [0.5, 0.6) is 5.75 Å². The van der Waals surface area contributed by atoms with E-state index in [9.17, 15) is 5.11 Å². The summed E-state index contributed by atoms with van der Waals surface area (Å²) in [6.45, 7) is 3.07. The fourth-order valence-electron chi connectivity index (χ4n) is 3.12. The molecule has 1 heterocycles. The van der Waals surface area contributed by atoms with Crippen LogP contribution < -0.4 is 10.1 Å². The van der Waals surface area contributed by atoms with Crippen molar-refractivity contribution in [1.29, 1.82) is 0 Å². The van der Waals surface area contributed by atoms with Crippen molar-refractivity contribution < 1.29 is 9.84 Å². The molecule has 3 aromatic rings. The van der Waals surface area contributed by atoms with Gasteiger partial charge in [0.2, 0.25) is 0 Å². The summed E-state index contributed by atoms with van der Waals surface area (Å²) in [6.07, 6.45) is 0. The first-order valence-corrected chi connectivity index (χ1v) is 9.30. The molecule has 0 unspecified atom stereocenters. The van der Waals surface area contributed by atoms with Crippen molar-refractivity contribution in [1.82, 2.24) is 9.88 Å². The number of para-hydroxylation sites is 1. The average molecular weight is 374 g/mol. The molecule has 0 saturated heterocycles. The van der Waals surface area contributed by atoms with Gasteiger partial charge in [0.15, 0.2) is 0 Å². The topological polar surface area (TPSA) is 57.6 Å². The van der Waals surface area contributed by atoms with Crippen LogP contribution in [-0.2, 0) is 0 Å². The number of aliphatic hydroxyl groups excluding tert-OH is 1. The Morgan fingerprint density at radius 3 is 2.65 bits per heavy atom. The lowest BCUT2D eigenvalue weighted by Gasteiger charge is -2.21. The van der Waals surface area contributed by atoms with Crippen molar-refractivity contribution in [2.24, 2.45) is 0 Å². The number of benzene rings is 2. The van der Waals surface area contributed by atoms with Gasteiger partial charge in [-0.05, 0) is 24.3 Å². The fraction of sp³-hybridized carbons (Fsp3) is 0.350. The molecule has 0 saturated carbocycles. The van der Waals surface area contributed by atoms with E-state index in [0.717, 1.165) is 52.9 Å². The second kappa shape index (κ2) is 9.03. The number of aromatic nitrogens is 1. The maximum Gasteiger partial charge on any atom is 0.119 e. The monoisotopic (exact) mass is 373 g/mol. The number of ether oxygens (including phenoxy) is 1. The SMILES string of the molecule is COc1ccc2nc3ccccc3c(NCCN(CCO)CCCl)c2c1. The van der Waals surface area contributed by atoms with Crippen molar-refractivity contribution >= 4 is 39.1 Å². The van der Waals surface area contributed by atoms with E-state index in [1.165, 1.54) is 0 Å². The van der Waals surface area contributed by atoms with Gasteiger partial charge in [-0.1, -0.05) is 18.2 Å². The molecule has 6 heteroatoms. The number of alkyl halides is 1. The summed E-state index contributed by atoms with van der Waals surface area (Å²) in [5, 5.41) is 14.9. The fourth-order valence-corrected chi connectivity index (χ4v) is 3.36. The predicted molar refractivity (Wildman–Crippen MR) is 109 cm³/mol. The van der Waals surface area contributed by atoms with E-state index < -0.39 is 0 Å². The summed E-state index contributed by atoms with van der Waals surface area (Å²) < 4.78 is 5.39. The molecule has 0 spiro atoms. The minimum atomic E-state index is 0.134. The number of hydrogen-bond acceptors (Lipinski definition) is 5. The van der Waals surface area contributed by atoms with Crippen LogP contribution in [0.1, 0.15) is 0 Å². The summed E-state index contributed by atoms with van der Waals surface area (Å²) in [6, 6.07) is 14.0. The van der Waals surface area contributed by atoms with Gasteiger partial charge in [-0.25, -0.2) is 4.98 Å². The number of nitrogens with one attached hydrogen (secondary N) is 1. The smallest absolute Gasteiger partial charge is 0.119 e. The lowest BCUT2D eigenvalue weighted by Crippen LogP contribution is -2.33. The second-order valence-corrected chi connectivity index (χ2v) is 6.45. The normalized spacial score (nSPS) is 11.4. The van der Waals surface area contributed by atoms with Gasteiger partial charge >= 0.3 is 0 Å². The molecule has 0 amide bonds. The highest BCUT2D eigenvalue weighted by molar-refractivity contribution is 6.18. The van der Waals surface area contributed by atoms with Gasteiger partial charge in [0.05, 0.1) is 30.4 Å². The summed E-state index contributed by atoms with van der Waals surface area (Å²) in [7, 11) is 1.67. The molecule has 26 heavy (non-hydrogen) atoms. The highest BCUT2D eigenvalue weighted by Gasteiger charge is 2.10. The molecule has 0 aliphatic heterocycles. The first-order chi connectivity index (χ1) is 12.8. The predicted octanol–water partition coefficient (Wildman–Crippen LogP) is 3.34. The van der Waals surface area contributed by atoms with Crippen molar-refractivity contribution in [3.63, 3.8) is 0 Å². The Balaban J connectivity index is 1.93. The second-order valence-electron chi connectivity index (χ2n) is 6.07. The number of fused-ring (bicyclic) bond motifs is 2. The summed E-state index contributed by atoms with van der Waals surface area (Å²) >= 11 is 5.85. The lowest BCUT2D eigenvalue weighted by atomic mass is 10.1. The van der Waals surface area contributed by atoms with Gasteiger partial charge < -0.3 is 15.2 Å². The van der Waals surface area contributed by atoms with Crippen molar-refractivity contribution in [3.8, 4) is 5.75 Å². The van der Waals surface area contributed by atoms with E-state index >= 15 is 0 Å². The van der Waals surface area contributed by atoms with E-state index in [2.05, 4.69) is 16.3 Å². The maximum absolute atomic E-state index is 9.19. The highest BCUT2D eigenvalue weighted by Crippen LogP contribution is 2.32. The van der Waals surface area contributed by atoms with Crippen LogP contribution in [0.2, 0.25) is 0 Å². The van der Waals surface area contributed by atoms with Crippen molar-refractivity contribution in [2.75, 3.05) is 51.1 Å². The number of anilines is 1. The quantitative estimate of drug-likeness (QED) is 0.445. The number of pyridine rings is 1. The van der Waals surface area contributed by atoms with Crippen LogP contribution in [-0.4, -0.2) is 60.8 Å². The Hall–Kier alpha value is -2.08. The molecule has 2 N–H and O–H groups in total. The van der Waals surface area contributed by atoms with E-state index in [1.807, 2.05) is 36.4 Å². The van der Waals surface area contributed by atoms with E-state index in [0.29, 0.717) is 12.4 Å². The van der Waals surface area contributed by atoms with Gasteiger partial charge in [-0.2, -0.15) is 0 Å². The Kier molecular flexibility index (Phi) is 6.50. The molecule has 0 fully saturated rings. The average Bonchev–Trinajstić information content (AvgIpc) is 2.67. The Bertz CT molecular complexity index is 866. The number of aliphatic hydroxyl groups is 1. The molecule has 0 atom stereocenters. The molecule has 5 nitrogen and oxygen atoms in total. The third-order valence-electron chi connectivity index (χ3n) is 4.43. The van der Waals surface area contributed by atoms with Crippen LogP contribution in [0, 0.1) is 0 Å². The number of hydrogen-bond donors (Lipinski definition) is 2. The lowest BCUT2D eigenvalue weighted by molar-refractivity contribution is 0.207. The number of methoxy groups -OCH3 is 1. The van der Waals surface area contributed by atoms with E-state index in [-0.39, 0.29) is 6.61 Å². The Labute approximate surface area is 158 Å². The third kappa shape index (κ3) is 4.18. The van der Waals surface area contributed by atoms with Crippen molar-refractivity contribution in [3.05, 3.63) is 42.5 Å². The molecule has 0 aliphatic rings. The summed E-state index contributed by atoms with van der Waals surface area (Å²) in [4.78, 5) is 6.90. The molecule has 138 valence electrons. The Morgan fingerprint density at radius 2 is 1.88 bits per heavy atom. The molecule has 1 aromatic heterocycles. The van der Waals surface area contributed by atoms with E-state index in [4.69, 9.17) is 21.3 Å². The molecular formula is C20H24ClN3O2.